The Kier molecular flexibility index (Phi) is 4.96. The largest absolute Gasteiger partial charge is 0.481 e. The van der Waals surface area contributed by atoms with Gasteiger partial charge in [0, 0.05) is 43.6 Å². The second-order valence-electron chi connectivity index (χ2n) is 7.68. The van der Waals surface area contributed by atoms with Crippen LogP contribution in [0.5, 0.6) is 0 Å². The number of benzene rings is 1. The minimum atomic E-state index is -0.726. The van der Waals surface area contributed by atoms with Crippen LogP contribution < -0.4 is 4.90 Å². The van der Waals surface area contributed by atoms with Crippen molar-refractivity contribution in [3.8, 4) is 0 Å². The molecule has 2 aliphatic rings. The number of fused-ring (bicyclic) bond motifs is 1. The van der Waals surface area contributed by atoms with E-state index in [1.165, 1.54) is 42.5 Å². The maximum atomic E-state index is 11.0. The van der Waals surface area contributed by atoms with Crippen molar-refractivity contribution < 1.29 is 9.90 Å². The highest BCUT2D eigenvalue weighted by Crippen LogP contribution is 2.42. The standard InChI is InChI=1S/C21H27N3O2/c25-21(26)8-11-24-14-18(7-10-23-12-9-22-15-23)19-13-17(5-6-20(19)24)16-3-1-2-4-16/h5-6,9,12-13,15-16,18H,1-4,7-8,10-11,14H2,(H,25,26). The van der Waals surface area contributed by atoms with E-state index in [9.17, 15) is 4.79 Å². The van der Waals surface area contributed by atoms with Gasteiger partial charge in [-0.15, -0.1) is 0 Å². The molecule has 1 aromatic carbocycles. The van der Waals surface area contributed by atoms with Crippen LogP contribution in [-0.4, -0.2) is 33.7 Å². The van der Waals surface area contributed by atoms with E-state index in [0.29, 0.717) is 18.4 Å². The molecule has 1 aromatic heterocycles. The quantitative estimate of drug-likeness (QED) is 0.817. The van der Waals surface area contributed by atoms with Gasteiger partial charge in [-0.2, -0.15) is 0 Å². The number of rotatable bonds is 7. The zero-order valence-corrected chi connectivity index (χ0v) is 15.2. The fraction of sp³-hybridized carbons (Fsp3) is 0.524. The number of carbonyl (C=O) groups is 1. The number of imidazole rings is 1. The predicted octanol–water partition coefficient (Wildman–Crippen LogP) is 4.01. The second kappa shape index (κ2) is 7.52. The van der Waals surface area contributed by atoms with Crippen LogP contribution in [0.25, 0.3) is 0 Å². The van der Waals surface area contributed by atoms with Crippen molar-refractivity contribution >= 4 is 11.7 Å². The van der Waals surface area contributed by atoms with Gasteiger partial charge in [-0.3, -0.25) is 4.79 Å². The maximum Gasteiger partial charge on any atom is 0.305 e. The third-order valence-electron chi connectivity index (χ3n) is 5.99. The van der Waals surface area contributed by atoms with Crippen LogP contribution in [0.3, 0.4) is 0 Å². The Balaban J connectivity index is 1.55. The molecule has 0 spiro atoms. The van der Waals surface area contributed by atoms with Crippen molar-refractivity contribution in [2.24, 2.45) is 0 Å². The van der Waals surface area contributed by atoms with Crippen molar-refractivity contribution in [1.29, 1.82) is 0 Å². The van der Waals surface area contributed by atoms with Gasteiger partial charge in [0.1, 0.15) is 0 Å². The fourth-order valence-corrected chi connectivity index (χ4v) is 4.58. The zero-order chi connectivity index (χ0) is 17.9. The summed E-state index contributed by atoms with van der Waals surface area (Å²) in [4.78, 5) is 17.4. The smallest absolute Gasteiger partial charge is 0.305 e. The first kappa shape index (κ1) is 17.1. The highest BCUT2D eigenvalue weighted by Gasteiger charge is 2.30. The molecule has 5 nitrogen and oxygen atoms in total. The summed E-state index contributed by atoms with van der Waals surface area (Å²) in [6.07, 6.45) is 12.2. The Hall–Kier alpha value is -2.30. The van der Waals surface area contributed by atoms with Gasteiger partial charge in [0.25, 0.3) is 0 Å². The van der Waals surface area contributed by atoms with Crippen molar-refractivity contribution in [2.45, 2.75) is 56.9 Å². The number of aliphatic carboxylic acids is 1. The molecule has 0 amide bonds. The van der Waals surface area contributed by atoms with E-state index >= 15 is 0 Å². The number of aromatic nitrogens is 2. The molecule has 1 aliphatic heterocycles. The number of aryl methyl sites for hydroxylation is 1. The normalized spacial score (nSPS) is 19.8. The summed E-state index contributed by atoms with van der Waals surface area (Å²) in [6.45, 7) is 2.46. The van der Waals surface area contributed by atoms with Crippen LogP contribution in [0.1, 0.15) is 61.5 Å². The lowest BCUT2D eigenvalue weighted by Gasteiger charge is -2.19. The topological polar surface area (TPSA) is 58.4 Å². The molecule has 2 heterocycles. The lowest BCUT2D eigenvalue weighted by Crippen LogP contribution is -2.25. The van der Waals surface area contributed by atoms with Gasteiger partial charge in [-0.1, -0.05) is 25.0 Å². The first-order valence-corrected chi connectivity index (χ1v) is 9.77. The maximum absolute atomic E-state index is 11.0. The fourth-order valence-electron chi connectivity index (χ4n) is 4.58. The van der Waals surface area contributed by atoms with E-state index in [1.54, 1.807) is 0 Å². The highest BCUT2D eigenvalue weighted by molar-refractivity contribution is 5.69. The Morgan fingerprint density at radius 1 is 1.23 bits per heavy atom. The van der Waals surface area contributed by atoms with Gasteiger partial charge >= 0.3 is 5.97 Å². The molecule has 1 fully saturated rings. The number of nitrogens with zero attached hydrogens (tertiary/aromatic N) is 3. The van der Waals surface area contributed by atoms with Gasteiger partial charge < -0.3 is 14.6 Å². The minimum Gasteiger partial charge on any atom is -0.481 e. The lowest BCUT2D eigenvalue weighted by atomic mass is 9.91. The molecule has 4 rings (SSSR count). The van der Waals surface area contributed by atoms with Crippen molar-refractivity contribution in [1.82, 2.24) is 9.55 Å². The van der Waals surface area contributed by atoms with Crippen LogP contribution in [0.15, 0.2) is 36.9 Å². The number of anilines is 1. The summed E-state index contributed by atoms with van der Waals surface area (Å²) in [6, 6.07) is 6.94. The van der Waals surface area contributed by atoms with Gasteiger partial charge in [-0.25, -0.2) is 4.98 Å². The predicted molar refractivity (Wildman–Crippen MR) is 102 cm³/mol. The highest BCUT2D eigenvalue weighted by atomic mass is 16.4. The number of carboxylic acid groups (broad SMARTS) is 1. The SMILES string of the molecule is O=C(O)CCN1CC(CCn2ccnc2)c2cc(C3CCCC3)ccc21. The van der Waals surface area contributed by atoms with Crippen LogP contribution in [0, 0.1) is 0 Å². The molecule has 0 radical (unpaired) electrons. The molecule has 1 saturated carbocycles. The molecule has 0 saturated heterocycles. The summed E-state index contributed by atoms with van der Waals surface area (Å²) in [7, 11) is 0. The third-order valence-corrected chi connectivity index (χ3v) is 5.99. The van der Waals surface area contributed by atoms with E-state index in [0.717, 1.165) is 19.5 Å². The summed E-state index contributed by atoms with van der Waals surface area (Å²) >= 11 is 0. The lowest BCUT2D eigenvalue weighted by molar-refractivity contribution is -0.136. The van der Waals surface area contributed by atoms with E-state index in [4.69, 9.17) is 5.11 Å². The van der Waals surface area contributed by atoms with E-state index in [2.05, 4.69) is 32.7 Å². The zero-order valence-electron chi connectivity index (χ0n) is 15.2. The molecule has 0 bridgehead atoms. The monoisotopic (exact) mass is 353 g/mol. The van der Waals surface area contributed by atoms with Crippen LogP contribution >= 0.6 is 0 Å². The average molecular weight is 353 g/mol. The molecule has 26 heavy (non-hydrogen) atoms. The Morgan fingerprint density at radius 3 is 2.81 bits per heavy atom. The van der Waals surface area contributed by atoms with Gasteiger partial charge in [0.05, 0.1) is 12.7 Å². The van der Waals surface area contributed by atoms with E-state index in [-0.39, 0.29) is 6.42 Å². The summed E-state index contributed by atoms with van der Waals surface area (Å²) in [5, 5.41) is 9.07. The molecule has 1 atom stereocenters. The molecule has 2 aromatic rings. The molecular weight excluding hydrogens is 326 g/mol. The molecule has 5 heteroatoms. The van der Waals surface area contributed by atoms with Gasteiger partial charge in [0.15, 0.2) is 0 Å². The average Bonchev–Trinajstić information content (AvgIpc) is 3.38. The Morgan fingerprint density at radius 2 is 2.08 bits per heavy atom. The first-order chi connectivity index (χ1) is 12.7. The summed E-state index contributed by atoms with van der Waals surface area (Å²) < 4.78 is 2.13. The van der Waals surface area contributed by atoms with Crippen molar-refractivity contribution in [3.63, 3.8) is 0 Å². The molecule has 138 valence electrons. The van der Waals surface area contributed by atoms with Crippen molar-refractivity contribution in [2.75, 3.05) is 18.0 Å². The van der Waals surface area contributed by atoms with Gasteiger partial charge in [0.2, 0.25) is 0 Å². The van der Waals surface area contributed by atoms with Gasteiger partial charge in [-0.05, 0) is 42.4 Å². The number of hydrogen-bond donors (Lipinski definition) is 1. The molecular formula is C21H27N3O2. The van der Waals surface area contributed by atoms with E-state index < -0.39 is 5.97 Å². The summed E-state index contributed by atoms with van der Waals surface area (Å²) in [5.41, 5.74) is 4.14. The summed E-state index contributed by atoms with van der Waals surface area (Å²) in [5.74, 6) is 0.446. The Bertz CT molecular complexity index is 751. The van der Waals surface area contributed by atoms with Crippen LogP contribution in [0.4, 0.5) is 5.69 Å². The molecule has 1 N–H and O–H groups in total. The molecule has 1 aliphatic carbocycles. The third kappa shape index (κ3) is 3.62. The molecule has 1 unspecified atom stereocenters. The first-order valence-electron chi connectivity index (χ1n) is 9.77. The number of carboxylic acids is 1. The Labute approximate surface area is 154 Å². The van der Waals surface area contributed by atoms with E-state index in [1.807, 2.05) is 18.7 Å². The van der Waals surface area contributed by atoms with Crippen LogP contribution in [-0.2, 0) is 11.3 Å². The minimum absolute atomic E-state index is 0.193. The van der Waals surface area contributed by atoms with Crippen LogP contribution in [0.2, 0.25) is 0 Å². The van der Waals surface area contributed by atoms with Crippen molar-refractivity contribution in [3.05, 3.63) is 48.0 Å². The number of hydrogen-bond acceptors (Lipinski definition) is 3. The second-order valence-corrected chi connectivity index (χ2v) is 7.68.